The minimum Gasteiger partial charge on any atom is -0.496 e. The highest BCUT2D eigenvalue weighted by Crippen LogP contribution is 2.30. The molecule has 0 fully saturated rings. The van der Waals surface area contributed by atoms with Crippen molar-refractivity contribution in [1.29, 1.82) is 0 Å². The van der Waals surface area contributed by atoms with Gasteiger partial charge in [-0.05, 0) is 0 Å². The number of anilines is 1. The van der Waals surface area contributed by atoms with Gasteiger partial charge in [-0.2, -0.15) is 0 Å². The van der Waals surface area contributed by atoms with E-state index in [0.29, 0.717) is 0 Å². The minimum atomic E-state index is -2.84. The standard InChI is InChI=1S/C10H12F2N2O3/c1-16-6-4-7(13)14-9(10(11)12)5(6)3-8(15)17-2/h4,10H,3H2,1-2H3,(H2,13,14). The van der Waals surface area contributed by atoms with E-state index in [9.17, 15) is 13.6 Å². The summed E-state index contributed by atoms with van der Waals surface area (Å²) in [7, 11) is 2.46. The Bertz CT molecular complexity index is 424. The summed E-state index contributed by atoms with van der Waals surface area (Å²) in [5, 5.41) is 0. The van der Waals surface area contributed by atoms with E-state index >= 15 is 0 Å². The second-order valence-corrected chi connectivity index (χ2v) is 3.17. The van der Waals surface area contributed by atoms with Gasteiger partial charge in [0.25, 0.3) is 6.43 Å². The molecule has 0 aromatic carbocycles. The lowest BCUT2D eigenvalue weighted by molar-refractivity contribution is -0.139. The fourth-order valence-electron chi connectivity index (χ4n) is 1.34. The zero-order valence-corrected chi connectivity index (χ0v) is 9.37. The number of pyridine rings is 1. The number of hydrogen-bond donors (Lipinski definition) is 1. The zero-order valence-electron chi connectivity index (χ0n) is 9.37. The van der Waals surface area contributed by atoms with Crippen LogP contribution in [0.25, 0.3) is 0 Å². The molecule has 17 heavy (non-hydrogen) atoms. The Morgan fingerprint density at radius 1 is 1.53 bits per heavy atom. The molecule has 1 heterocycles. The molecule has 7 heteroatoms. The molecule has 0 saturated heterocycles. The van der Waals surface area contributed by atoms with Crippen LogP contribution >= 0.6 is 0 Å². The quantitative estimate of drug-likeness (QED) is 0.811. The number of carbonyl (C=O) groups is 1. The van der Waals surface area contributed by atoms with Crippen molar-refractivity contribution < 1.29 is 23.0 Å². The molecule has 94 valence electrons. The van der Waals surface area contributed by atoms with Gasteiger partial charge in [0.05, 0.1) is 20.6 Å². The molecular formula is C10H12F2N2O3. The first-order valence-electron chi connectivity index (χ1n) is 4.67. The number of hydrogen-bond acceptors (Lipinski definition) is 5. The van der Waals surface area contributed by atoms with Crippen molar-refractivity contribution in [2.45, 2.75) is 12.8 Å². The van der Waals surface area contributed by atoms with Crippen molar-refractivity contribution in [1.82, 2.24) is 4.98 Å². The molecule has 0 saturated carbocycles. The molecule has 0 amide bonds. The van der Waals surface area contributed by atoms with Crippen LogP contribution < -0.4 is 10.5 Å². The third kappa shape index (κ3) is 3.02. The third-order valence-corrected chi connectivity index (χ3v) is 2.11. The molecule has 2 N–H and O–H groups in total. The molecule has 0 bridgehead atoms. The summed E-state index contributed by atoms with van der Waals surface area (Å²) >= 11 is 0. The largest absolute Gasteiger partial charge is 0.496 e. The van der Waals surface area contributed by atoms with Gasteiger partial charge in [-0.25, -0.2) is 13.8 Å². The number of carbonyl (C=O) groups excluding carboxylic acids is 1. The molecular weight excluding hydrogens is 234 g/mol. The summed E-state index contributed by atoms with van der Waals surface area (Å²) in [5.41, 5.74) is 4.79. The number of halogens is 2. The SMILES string of the molecule is COC(=O)Cc1c(OC)cc(N)nc1C(F)F. The first-order chi connectivity index (χ1) is 7.99. The average Bonchev–Trinajstić information content (AvgIpc) is 2.30. The maximum atomic E-state index is 12.8. The molecule has 0 aliphatic heterocycles. The Balaban J connectivity index is 3.26. The van der Waals surface area contributed by atoms with Crippen molar-refractivity contribution >= 4 is 11.8 Å². The summed E-state index contributed by atoms with van der Waals surface area (Å²) in [6.45, 7) is 0. The van der Waals surface area contributed by atoms with Crippen LogP contribution in [-0.2, 0) is 16.0 Å². The van der Waals surface area contributed by atoms with Gasteiger partial charge in [-0.3, -0.25) is 4.79 Å². The topological polar surface area (TPSA) is 74.4 Å². The van der Waals surface area contributed by atoms with Crippen LogP contribution in [0.15, 0.2) is 6.07 Å². The highest BCUT2D eigenvalue weighted by atomic mass is 19.3. The van der Waals surface area contributed by atoms with E-state index in [-0.39, 0.29) is 23.6 Å². The van der Waals surface area contributed by atoms with Crippen LogP contribution in [-0.4, -0.2) is 25.2 Å². The lowest BCUT2D eigenvalue weighted by Crippen LogP contribution is -2.11. The van der Waals surface area contributed by atoms with Crippen LogP contribution in [0.4, 0.5) is 14.6 Å². The van der Waals surface area contributed by atoms with Crippen LogP contribution in [0.2, 0.25) is 0 Å². The molecule has 5 nitrogen and oxygen atoms in total. The van der Waals surface area contributed by atoms with Crippen molar-refractivity contribution in [2.75, 3.05) is 20.0 Å². The number of alkyl halides is 2. The number of esters is 1. The average molecular weight is 246 g/mol. The number of ether oxygens (including phenoxy) is 2. The van der Waals surface area contributed by atoms with Gasteiger partial charge in [0.15, 0.2) is 0 Å². The van der Waals surface area contributed by atoms with Gasteiger partial charge in [0.2, 0.25) is 0 Å². The fraction of sp³-hybridized carbons (Fsp3) is 0.400. The number of nitrogens with zero attached hydrogens (tertiary/aromatic N) is 1. The summed E-state index contributed by atoms with van der Waals surface area (Å²) in [6, 6.07) is 1.28. The molecule has 0 radical (unpaired) electrons. The normalized spacial score (nSPS) is 10.4. The van der Waals surface area contributed by atoms with Gasteiger partial charge in [0, 0.05) is 11.6 Å². The third-order valence-electron chi connectivity index (χ3n) is 2.11. The molecule has 0 aliphatic rings. The second kappa shape index (κ2) is 5.42. The van der Waals surface area contributed by atoms with Gasteiger partial charge in [0.1, 0.15) is 17.3 Å². The summed E-state index contributed by atoms with van der Waals surface area (Å²) in [4.78, 5) is 14.6. The number of nitrogens with two attached hydrogens (primary N) is 1. The first kappa shape index (κ1) is 13.1. The van der Waals surface area contributed by atoms with E-state index in [1.807, 2.05) is 0 Å². The maximum Gasteiger partial charge on any atom is 0.310 e. The molecule has 0 aliphatic carbocycles. The molecule has 0 atom stereocenters. The minimum absolute atomic E-state index is 0.0106. The highest BCUT2D eigenvalue weighted by Gasteiger charge is 2.22. The predicted molar refractivity (Wildman–Crippen MR) is 55.9 cm³/mol. The number of aromatic nitrogens is 1. The zero-order chi connectivity index (χ0) is 13.0. The van der Waals surface area contributed by atoms with Gasteiger partial charge >= 0.3 is 5.97 Å². The lowest BCUT2D eigenvalue weighted by atomic mass is 10.1. The summed E-state index contributed by atoms with van der Waals surface area (Å²) < 4.78 is 34.8. The fourth-order valence-corrected chi connectivity index (χ4v) is 1.34. The van der Waals surface area contributed by atoms with Crippen LogP contribution in [0.5, 0.6) is 5.75 Å². The lowest BCUT2D eigenvalue weighted by Gasteiger charge is -2.12. The van der Waals surface area contributed by atoms with Gasteiger partial charge < -0.3 is 15.2 Å². The second-order valence-electron chi connectivity index (χ2n) is 3.17. The van der Waals surface area contributed by atoms with Gasteiger partial charge in [-0.1, -0.05) is 0 Å². The number of rotatable bonds is 4. The van der Waals surface area contributed by atoms with E-state index in [1.54, 1.807) is 0 Å². The van der Waals surface area contributed by atoms with Crippen molar-refractivity contribution in [3.8, 4) is 5.75 Å². The molecule has 0 unspecified atom stereocenters. The first-order valence-corrected chi connectivity index (χ1v) is 4.67. The van der Waals surface area contributed by atoms with Crippen LogP contribution in [0.3, 0.4) is 0 Å². The van der Waals surface area contributed by atoms with E-state index in [2.05, 4.69) is 9.72 Å². The van der Waals surface area contributed by atoms with Crippen molar-refractivity contribution in [2.24, 2.45) is 0 Å². The number of nitrogen functional groups attached to an aromatic ring is 1. The Morgan fingerprint density at radius 2 is 2.18 bits per heavy atom. The Morgan fingerprint density at radius 3 is 2.65 bits per heavy atom. The van der Waals surface area contributed by atoms with Crippen LogP contribution in [0.1, 0.15) is 17.7 Å². The summed E-state index contributed by atoms with van der Waals surface area (Å²) in [5.74, 6) is -0.652. The van der Waals surface area contributed by atoms with Crippen molar-refractivity contribution in [3.63, 3.8) is 0 Å². The van der Waals surface area contributed by atoms with Gasteiger partial charge in [-0.15, -0.1) is 0 Å². The number of methoxy groups -OCH3 is 2. The highest BCUT2D eigenvalue weighted by molar-refractivity contribution is 5.74. The molecule has 1 aromatic heterocycles. The molecule has 1 aromatic rings. The Labute approximate surface area is 96.5 Å². The molecule has 1 rings (SSSR count). The Kier molecular flexibility index (Phi) is 4.19. The monoisotopic (exact) mass is 246 g/mol. The van der Waals surface area contributed by atoms with E-state index in [1.165, 1.54) is 20.3 Å². The smallest absolute Gasteiger partial charge is 0.310 e. The maximum absolute atomic E-state index is 12.8. The molecule has 0 spiro atoms. The van der Waals surface area contributed by atoms with E-state index in [0.717, 1.165) is 0 Å². The Hall–Kier alpha value is -1.92. The van der Waals surface area contributed by atoms with E-state index < -0.39 is 18.1 Å². The van der Waals surface area contributed by atoms with Crippen molar-refractivity contribution in [3.05, 3.63) is 17.3 Å². The van der Waals surface area contributed by atoms with Crippen LogP contribution in [0, 0.1) is 0 Å². The van der Waals surface area contributed by atoms with E-state index in [4.69, 9.17) is 10.5 Å². The summed E-state index contributed by atoms with van der Waals surface area (Å²) in [6.07, 6.45) is -3.18. The predicted octanol–water partition coefficient (Wildman–Crippen LogP) is 1.33.